The van der Waals surface area contributed by atoms with Gasteiger partial charge in [0.15, 0.2) is 0 Å². The number of carbonyl (C=O) groups excluding carboxylic acids is 2. The third kappa shape index (κ3) is 5.31. The molecular weight excluding hydrogens is 326 g/mol. The van der Waals surface area contributed by atoms with Gasteiger partial charge < -0.3 is 16.0 Å². The van der Waals surface area contributed by atoms with Gasteiger partial charge in [-0.2, -0.15) is 0 Å². The van der Waals surface area contributed by atoms with E-state index in [1.54, 1.807) is 0 Å². The Morgan fingerprint density at radius 3 is 2.54 bits per heavy atom. The highest BCUT2D eigenvalue weighted by Gasteiger charge is 2.29. The van der Waals surface area contributed by atoms with Gasteiger partial charge in [-0.05, 0) is 56.3 Å². The second-order valence-corrected chi connectivity index (χ2v) is 7.70. The van der Waals surface area contributed by atoms with Gasteiger partial charge in [-0.1, -0.05) is 31.4 Å². The first-order chi connectivity index (χ1) is 12.7. The van der Waals surface area contributed by atoms with E-state index >= 15 is 0 Å². The molecule has 0 atom stereocenters. The Hall–Kier alpha value is -1.88. The lowest BCUT2D eigenvalue weighted by Gasteiger charge is -2.29. The van der Waals surface area contributed by atoms with Crippen LogP contribution in [-0.4, -0.2) is 29.8 Å². The molecule has 0 aliphatic heterocycles. The third-order valence-corrected chi connectivity index (χ3v) is 5.41. The Balaban J connectivity index is 1.65. The maximum atomic E-state index is 13.0. The SMILES string of the molecule is NCCCN(Cc1cccc(NC(=O)C2CC2)c1)C(=O)C1CCCCC1. The number of carbonyl (C=O) groups is 2. The van der Waals surface area contributed by atoms with Gasteiger partial charge in [0, 0.05) is 30.6 Å². The summed E-state index contributed by atoms with van der Waals surface area (Å²) in [4.78, 5) is 26.9. The first-order valence-corrected chi connectivity index (χ1v) is 10.1. The molecule has 0 bridgehead atoms. The fraction of sp³-hybridized carbons (Fsp3) is 0.619. The second-order valence-electron chi connectivity index (χ2n) is 7.70. The molecule has 0 saturated heterocycles. The molecule has 0 aromatic heterocycles. The number of benzene rings is 1. The van der Waals surface area contributed by atoms with Crippen LogP contribution in [0.1, 0.15) is 56.9 Å². The third-order valence-electron chi connectivity index (χ3n) is 5.41. The maximum absolute atomic E-state index is 13.0. The van der Waals surface area contributed by atoms with E-state index in [1.807, 2.05) is 29.2 Å². The summed E-state index contributed by atoms with van der Waals surface area (Å²) in [6.07, 6.45) is 8.38. The van der Waals surface area contributed by atoms with Gasteiger partial charge in [0.2, 0.25) is 11.8 Å². The number of nitrogens with one attached hydrogen (secondary N) is 1. The second kappa shape index (κ2) is 9.17. The molecule has 26 heavy (non-hydrogen) atoms. The number of nitrogens with zero attached hydrogens (tertiary/aromatic N) is 1. The first-order valence-electron chi connectivity index (χ1n) is 10.1. The highest BCUT2D eigenvalue weighted by molar-refractivity contribution is 5.94. The van der Waals surface area contributed by atoms with Crippen LogP contribution in [0.2, 0.25) is 0 Å². The molecule has 3 rings (SSSR count). The summed E-state index contributed by atoms with van der Waals surface area (Å²) in [5.74, 6) is 0.734. The van der Waals surface area contributed by atoms with E-state index in [0.717, 1.165) is 56.2 Å². The molecule has 2 aliphatic rings. The van der Waals surface area contributed by atoms with Crippen LogP contribution in [0.3, 0.4) is 0 Å². The van der Waals surface area contributed by atoms with Crippen molar-refractivity contribution in [3.63, 3.8) is 0 Å². The van der Waals surface area contributed by atoms with E-state index in [-0.39, 0.29) is 23.7 Å². The summed E-state index contributed by atoms with van der Waals surface area (Å²) >= 11 is 0. The van der Waals surface area contributed by atoms with Crippen molar-refractivity contribution >= 4 is 17.5 Å². The summed E-state index contributed by atoms with van der Waals surface area (Å²) in [6.45, 7) is 1.87. The van der Waals surface area contributed by atoms with Crippen LogP contribution in [-0.2, 0) is 16.1 Å². The molecule has 0 unspecified atom stereocenters. The van der Waals surface area contributed by atoms with Gasteiger partial charge in [0.05, 0.1) is 0 Å². The molecule has 5 heteroatoms. The van der Waals surface area contributed by atoms with Gasteiger partial charge in [-0.15, -0.1) is 0 Å². The molecular formula is C21H31N3O2. The summed E-state index contributed by atoms with van der Waals surface area (Å²) in [6, 6.07) is 7.88. The number of rotatable bonds is 8. The van der Waals surface area contributed by atoms with Gasteiger partial charge in [-0.25, -0.2) is 0 Å². The van der Waals surface area contributed by atoms with Crippen molar-refractivity contribution < 1.29 is 9.59 Å². The van der Waals surface area contributed by atoms with Crippen molar-refractivity contribution in [1.29, 1.82) is 0 Å². The van der Waals surface area contributed by atoms with Gasteiger partial charge >= 0.3 is 0 Å². The van der Waals surface area contributed by atoms with Crippen LogP contribution in [0.5, 0.6) is 0 Å². The molecule has 1 aromatic rings. The maximum Gasteiger partial charge on any atom is 0.227 e. The molecule has 0 spiro atoms. The van der Waals surface area contributed by atoms with Gasteiger partial charge in [0.25, 0.3) is 0 Å². The Bertz CT molecular complexity index is 621. The molecule has 1 aromatic carbocycles. The van der Waals surface area contributed by atoms with E-state index in [1.165, 1.54) is 6.42 Å². The van der Waals surface area contributed by atoms with Crippen LogP contribution in [0.15, 0.2) is 24.3 Å². The van der Waals surface area contributed by atoms with Crippen LogP contribution < -0.4 is 11.1 Å². The van der Waals surface area contributed by atoms with Gasteiger partial charge in [-0.3, -0.25) is 9.59 Å². The van der Waals surface area contributed by atoms with Crippen molar-refractivity contribution in [2.24, 2.45) is 17.6 Å². The lowest BCUT2D eigenvalue weighted by atomic mass is 9.88. The van der Waals surface area contributed by atoms with Crippen molar-refractivity contribution in [2.45, 2.75) is 57.9 Å². The number of anilines is 1. The van der Waals surface area contributed by atoms with Gasteiger partial charge in [0.1, 0.15) is 0 Å². The topological polar surface area (TPSA) is 75.4 Å². The number of nitrogens with two attached hydrogens (primary N) is 1. The Labute approximate surface area is 156 Å². The van der Waals surface area contributed by atoms with Crippen LogP contribution >= 0.6 is 0 Å². The van der Waals surface area contributed by atoms with E-state index < -0.39 is 0 Å². The number of amides is 2. The lowest BCUT2D eigenvalue weighted by molar-refractivity contribution is -0.137. The molecule has 5 nitrogen and oxygen atoms in total. The van der Waals surface area contributed by atoms with Crippen molar-refractivity contribution in [2.75, 3.05) is 18.4 Å². The predicted octanol–water partition coefficient (Wildman–Crippen LogP) is 3.29. The van der Waals surface area contributed by atoms with Crippen LogP contribution in [0.25, 0.3) is 0 Å². The Kier molecular flexibility index (Phi) is 6.67. The summed E-state index contributed by atoms with van der Waals surface area (Å²) in [5, 5.41) is 2.99. The number of hydrogen-bond acceptors (Lipinski definition) is 3. The monoisotopic (exact) mass is 357 g/mol. The zero-order valence-corrected chi connectivity index (χ0v) is 15.6. The summed E-state index contributed by atoms with van der Waals surface area (Å²) in [7, 11) is 0. The molecule has 2 saturated carbocycles. The minimum atomic E-state index is 0.111. The van der Waals surface area contributed by atoms with E-state index in [2.05, 4.69) is 5.32 Å². The van der Waals surface area contributed by atoms with Crippen molar-refractivity contribution in [3.8, 4) is 0 Å². The fourth-order valence-corrected chi connectivity index (χ4v) is 3.71. The highest BCUT2D eigenvalue weighted by Crippen LogP contribution is 2.30. The average molecular weight is 357 g/mol. The Morgan fingerprint density at radius 2 is 1.85 bits per heavy atom. The molecule has 3 N–H and O–H groups in total. The van der Waals surface area contributed by atoms with Crippen LogP contribution in [0, 0.1) is 11.8 Å². The largest absolute Gasteiger partial charge is 0.338 e. The molecule has 0 heterocycles. The molecule has 2 aliphatic carbocycles. The molecule has 2 fully saturated rings. The van der Waals surface area contributed by atoms with Crippen molar-refractivity contribution in [1.82, 2.24) is 4.90 Å². The molecule has 2 amide bonds. The normalized spacial score (nSPS) is 17.7. The summed E-state index contributed by atoms with van der Waals surface area (Å²) < 4.78 is 0. The smallest absolute Gasteiger partial charge is 0.227 e. The van der Waals surface area contributed by atoms with E-state index in [4.69, 9.17) is 5.73 Å². The first kappa shape index (κ1) is 18.9. The average Bonchev–Trinajstić information content (AvgIpc) is 3.51. The molecule has 142 valence electrons. The highest BCUT2D eigenvalue weighted by atomic mass is 16.2. The van der Waals surface area contributed by atoms with Crippen LogP contribution in [0.4, 0.5) is 5.69 Å². The zero-order chi connectivity index (χ0) is 18.4. The zero-order valence-electron chi connectivity index (χ0n) is 15.6. The Morgan fingerprint density at radius 1 is 1.08 bits per heavy atom. The van der Waals surface area contributed by atoms with Crippen molar-refractivity contribution in [3.05, 3.63) is 29.8 Å². The predicted molar refractivity (Wildman–Crippen MR) is 103 cm³/mol. The fourth-order valence-electron chi connectivity index (χ4n) is 3.71. The minimum Gasteiger partial charge on any atom is -0.338 e. The van der Waals surface area contributed by atoms with E-state index in [9.17, 15) is 9.59 Å². The standard InChI is InChI=1S/C21H31N3O2/c22-12-5-13-24(21(26)18-7-2-1-3-8-18)15-16-6-4-9-19(14-16)23-20(25)17-10-11-17/h4,6,9,14,17-18H,1-3,5,7-8,10-13,15,22H2,(H,23,25). The summed E-state index contributed by atoms with van der Waals surface area (Å²) in [5.41, 5.74) is 7.55. The van der Waals surface area contributed by atoms with E-state index in [0.29, 0.717) is 19.6 Å². The lowest BCUT2D eigenvalue weighted by Crippen LogP contribution is -2.37. The molecule has 0 radical (unpaired) electrons. The number of hydrogen-bond donors (Lipinski definition) is 2. The minimum absolute atomic E-state index is 0.111. The quantitative estimate of drug-likeness (QED) is 0.749.